The molecule has 1 aliphatic rings. The Bertz CT molecular complexity index is 803. The molecule has 8 heteroatoms. The molecule has 1 saturated heterocycles. The fourth-order valence-corrected chi connectivity index (χ4v) is 3.31. The highest BCUT2D eigenvalue weighted by Crippen LogP contribution is 2.14. The van der Waals surface area contributed by atoms with Gasteiger partial charge in [0.25, 0.3) is 5.91 Å². The minimum absolute atomic E-state index is 0.131. The summed E-state index contributed by atoms with van der Waals surface area (Å²) in [5, 5.41) is 0. The zero-order valence-electron chi connectivity index (χ0n) is 16.3. The number of piperazine rings is 1. The zero-order valence-corrected chi connectivity index (χ0v) is 16.3. The van der Waals surface area contributed by atoms with E-state index in [-0.39, 0.29) is 5.91 Å². The smallest absolute Gasteiger partial charge is 0.275 e. The van der Waals surface area contributed by atoms with Crippen molar-refractivity contribution in [2.45, 2.75) is 26.4 Å². The minimum atomic E-state index is -0.821. The first kappa shape index (κ1) is 20.4. The fourth-order valence-electron chi connectivity index (χ4n) is 3.31. The van der Waals surface area contributed by atoms with Crippen LogP contribution in [0.3, 0.4) is 0 Å². The Labute approximate surface area is 163 Å². The van der Waals surface area contributed by atoms with Gasteiger partial charge in [0.15, 0.2) is 17.3 Å². The van der Waals surface area contributed by atoms with Gasteiger partial charge < -0.3 is 9.32 Å². The van der Waals surface area contributed by atoms with E-state index in [1.807, 2.05) is 6.92 Å². The lowest BCUT2D eigenvalue weighted by atomic mass is 10.2. The van der Waals surface area contributed by atoms with Gasteiger partial charge in [-0.1, -0.05) is 13.0 Å². The highest BCUT2D eigenvalue weighted by Gasteiger charge is 2.21. The van der Waals surface area contributed by atoms with E-state index in [1.54, 1.807) is 18.0 Å². The molecule has 1 aromatic heterocycles. The van der Waals surface area contributed by atoms with Crippen LogP contribution in [0.15, 0.2) is 28.9 Å². The van der Waals surface area contributed by atoms with Gasteiger partial charge in [-0.2, -0.15) is 0 Å². The van der Waals surface area contributed by atoms with Gasteiger partial charge in [-0.15, -0.1) is 0 Å². The lowest BCUT2D eigenvalue weighted by Crippen LogP contribution is -2.45. The zero-order chi connectivity index (χ0) is 20.1. The Kier molecular flexibility index (Phi) is 6.74. The number of oxazole rings is 1. The number of aromatic nitrogens is 1. The monoisotopic (exact) mass is 392 g/mol. The summed E-state index contributed by atoms with van der Waals surface area (Å²) in [7, 11) is 1.76. The van der Waals surface area contributed by atoms with E-state index in [0.717, 1.165) is 38.2 Å². The predicted octanol–water partition coefficient (Wildman–Crippen LogP) is 2.75. The third-order valence-corrected chi connectivity index (χ3v) is 4.89. The van der Waals surface area contributed by atoms with Gasteiger partial charge >= 0.3 is 0 Å². The van der Waals surface area contributed by atoms with E-state index in [1.165, 1.54) is 18.4 Å². The summed E-state index contributed by atoms with van der Waals surface area (Å²) in [5.41, 5.74) is 1.10. The number of hydrogen-bond donors (Lipinski definition) is 0. The third-order valence-electron chi connectivity index (χ3n) is 4.89. The number of nitrogens with zero attached hydrogens (tertiary/aromatic N) is 4. The Balaban J connectivity index is 1.48. The summed E-state index contributed by atoms with van der Waals surface area (Å²) in [5.74, 6) is -1.23. The van der Waals surface area contributed by atoms with Crippen LogP contribution in [0.5, 0.6) is 0 Å². The van der Waals surface area contributed by atoms with Crippen LogP contribution in [-0.4, -0.2) is 65.4 Å². The molecule has 1 fully saturated rings. The normalized spacial score (nSPS) is 15.7. The lowest BCUT2D eigenvalue weighted by molar-refractivity contribution is 0.0789. The van der Waals surface area contributed by atoms with Gasteiger partial charge in [0.05, 0.1) is 6.54 Å². The highest BCUT2D eigenvalue weighted by molar-refractivity contribution is 5.91. The van der Waals surface area contributed by atoms with Gasteiger partial charge in [0.2, 0.25) is 5.89 Å². The van der Waals surface area contributed by atoms with E-state index in [9.17, 15) is 13.6 Å². The Hall–Kier alpha value is -2.32. The summed E-state index contributed by atoms with van der Waals surface area (Å²) < 4.78 is 31.9. The SMILES string of the molecule is CCCN(C)C(=O)c1coc(CN2CCN(Cc3ccc(F)c(F)c3)CC2)n1. The maximum atomic E-state index is 13.3. The number of halogens is 2. The highest BCUT2D eigenvalue weighted by atomic mass is 19.2. The maximum absolute atomic E-state index is 13.3. The molecule has 28 heavy (non-hydrogen) atoms. The van der Waals surface area contributed by atoms with Crippen molar-refractivity contribution in [1.82, 2.24) is 19.7 Å². The van der Waals surface area contributed by atoms with Crippen molar-refractivity contribution in [3.8, 4) is 0 Å². The molecule has 0 aliphatic carbocycles. The van der Waals surface area contributed by atoms with Crippen molar-refractivity contribution in [1.29, 1.82) is 0 Å². The van der Waals surface area contributed by atoms with E-state index in [4.69, 9.17) is 4.42 Å². The summed E-state index contributed by atoms with van der Waals surface area (Å²) in [6.45, 7) is 7.08. The molecule has 0 atom stereocenters. The Morgan fingerprint density at radius 1 is 1.14 bits per heavy atom. The number of rotatable bonds is 7. The van der Waals surface area contributed by atoms with Crippen molar-refractivity contribution >= 4 is 5.91 Å². The van der Waals surface area contributed by atoms with Crippen molar-refractivity contribution in [3.05, 3.63) is 53.2 Å². The van der Waals surface area contributed by atoms with Crippen LogP contribution < -0.4 is 0 Å². The summed E-state index contributed by atoms with van der Waals surface area (Å²) in [6, 6.07) is 4.04. The molecule has 2 aromatic rings. The van der Waals surface area contributed by atoms with Crippen molar-refractivity contribution in [2.75, 3.05) is 39.8 Å². The largest absolute Gasteiger partial charge is 0.447 e. The van der Waals surface area contributed by atoms with Gasteiger partial charge in [0.1, 0.15) is 6.26 Å². The number of amides is 1. The van der Waals surface area contributed by atoms with Crippen molar-refractivity contribution in [3.63, 3.8) is 0 Å². The summed E-state index contributed by atoms with van der Waals surface area (Å²) >= 11 is 0. The number of carbonyl (C=O) groups is 1. The second kappa shape index (κ2) is 9.25. The van der Waals surface area contributed by atoms with Crippen LogP contribution in [0.1, 0.15) is 35.3 Å². The molecule has 3 rings (SSSR count). The predicted molar refractivity (Wildman–Crippen MR) is 101 cm³/mol. The van der Waals surface area contributed by atoms with E-state index in [0.29, 0.717) is 31.2 Å². The molecular formula is C20H26F2N4O2. The van der Waals surface area contributed by atoms with Gasteiger partial charge in [-0.25, -0.2) is 13.8 Å². The molecular weight excluding hydrogens is 366 g/mol. The van der Waals surface area contributed by atoms with Gasteiger partial charge in [-0.05, 0) is 24.1 Å². The molecule has 2 heterocycles. The van der Waals surface area contributed by atoms with Crippen LogP contribution in [0.2, 0.25) is 0 Å². The van der Waals surface area contributed by atoms with E-state index >= 15 is 0 Å². The number of carbonyl (C=O) groups excluding carboxylic acids is 1. The van der Waals surface area contributed by atoms with Crippen LogP contribution in [0.25, 0.3) is 0 Å². The standard InChI is InChI=1S/C20H26F2N4O2/c1-3-6-24(2)20(27)18-14-28-19(23-18)13-26-9-7-25(8-10-26)12-15-4-5-16(21)17(22)11-15/h4-5,11,14H,3,6-10,12-13H2,1-2H3. The molecule has 0 unspecified atom stereocenters. The average Bonchev–Trinajstić information content (AvgIpc) is 3.14. The van der Waals surface area contributed by atoms with Crippen LogP contribution in [0, 0.1) is 11.6 Å². The van der Waals surface area contributed by atoms with Crippen molar-refractivity contribution < 1.29 is 18.0 Å². The second-order valence-electron chi connectivity index (χ2n) is 7.15. The third kappa shape index (κ3) is 5.14. The van der Waals surface area contributed by atoms with Gasteiger partial charge in [-0.3, -0.25) is 14.6 Å². The summed E-state index contributed by atoms with van der Waals surface area (Å²) in [4.78, 5) is 22.6. The maximum Gasteiger partial charge on any atom is 0.275 e. The molecule has 0 N–H and O–H groups in total. The molecule has 0 spiro atoms. The first-order chi connectivity index (χ1) is 13.5. The lowest BCUT2D eigenvalue weighted by Gasteiger charge is -2.34. The van der Waals surface area contributed by atoms with E-state index < -0.39 is 11.6 Å². The molecule has 0 bridgehead atoms. The quantitative estimate of drug-likeness (QED) is 0.725. The molecule has 1 aliphatic heterocycles. The number of hydrogen-bond acceptors (Lipinski definition) is 5. The average molecular weight is 392 g/mol. The molecule has 1 aromatic carbocycles. The van der Waals surface area contributed by atoms with Crippen LogP contribution >= 0.6 is 0 Å². The summed E-state index contributed by atoms with van der Waals surface area (Å²) in [6.07, 6.45) is 2.31. The molecule has 152 valence electrons. The first-order valence-electron chi connectivity index (χ1n) is 9.54. The topological polar surface area (TPSA) is 52.8 Å². The fraction of sp³-hybridized carbons (Fsp3) is 0.500. The van der Waals surface area contributed by atoms with Crippen molar-refractivity contribution in [2.24, 2.45) is 0 Å². The Morgan fingerprint density at radius 2 is 1.82 bits per heavy atom. The molecule has 0 saturated carbocycles. The van der Waals surface area contributed by atoms with Crippen LogP contribution in [-0.2, 0) is 13.1 Å². The first-order valence-corrected chi connectivity index (χ1v) is 9.54. The Morgan fingerprint density at radius 3 is 2.46 bits per heavy atom. The van der Waals surface area contributed by atoms with Crippen LogP contribution in [0.4, 0.5) is 8.78 Å². The second-order valence-corrected chi connectivity index (χ2v) is 7.15. The minimum Gasteiger partial charge on any atom is -0.447 e. The van der Waals surface area contributed by atoms with Gasteiger partial charge in [0, 0.05) is 46.3 Å². The molecule has 6 nitrogen and oxygen atoms in total. The number of benzene rings is 1. The van der Waals surface area contributed by atoms with E-state index in [2.05, 4.69) is 14.8 Å². The molecule has 1 amide bonds. The molecule has 0 radical (unpaired) electrons.